The summed E-state index contributed by atoms with van der Waals surface area (Å²) in [7, 11) is 0. The fourth-order valence-corrected chi connectivity index (χ4v) is 0. The summed E-state index contributed by atoms with van der Waals surface area (Å²) in [5.74, 6) is -7.58. The van der Waals surface area contributed by atoms with Crippen LogP contribution in [0.15, 0.2) is 0 Å². The minimum atomic E-state index is -1.08. The van der Waals surface area contributed by atoms with Gasteiger partial charge in [-0.2, -0.15) is 0 Å². The van der Waals surface area contributed by atoms with Crippen LogP contribution >= 0.6 is 0 Å². The van der Waals surface area contributed by atoms with Crippen molar-refractivity contribution in [1.29, 1.82) is 0 Å². The zero-order chi connectivity index (χ0) is 25.0. The first-order valence-corrected chi connectivity index (χ1v) is 6.36. The molecule has 2 radical (unpaired) electrons. The fraction of sp³-hybridized carbons (Fsp3) is 0.500. The summed E-state index contributed by atoms with van der Waals surface area (Å²) in [6.07, 6.45) is 0. The van der Waals surface area contributed by atoms with Gasteiger partial charge in [-0.1, -0.05) is 0 Å². The zero-order valence-electron chi connectivity index (χ0n) is 19.2. The molecule has 0 saturated heterocycles. The van der Waals surface area contributed by atoms with Gasteiger partial charge in [-0.25, -0.2) is 0 Å². The van der Waals surface area contributed by atoms with Crippen molar-refractivity contribution in [3.63, 3.8) is 0 Å². The molecular weight excluding hydrogens is 1030 g/mol. The van der Waals surface area contributed by atoms with Gasteiger partial charge in [-0.05, 0) is 48.5 Å². The molecule has 35 heavy (non-hydrogen) atoms. The van der Waals surface area contributed by atoms with Crippen molar-refractivity contribution >= 4 is 41.8 Å². The normalized spacial score (nSPS) is 5.00. The van der Waals surface area contributed by atoms with Crippen LogP contribution in [0.3, 0.4) is 0 Å². The molecule has 0 fully saturated rings. The Balaban J connectivity index is -0.0000000119. The van der Waals surface area contributed by atoms with Crippen LogP contribution in [0.1, 0.15) is 48.5 Å². The van der Waals surface area contributed by atoms with Gasteiger partial charge in [0.2, 0.25) is 0 Å². The summed E-state index contributed by atoms with van der Waals surface area (Å²) in [4.78, 5) is 62.2. The van der Waals surface area contributed by atoms with Crippen molar-refractivity contribution in [1.82, 2.24) is 0 Å². The van der Waals surface area contributed by atoms with Crippen LogP contribution in [0.25, 0.3) is 0 Å². The smallest absolute Gasteiger partial charge is 0.550 e. The minimum absolute atomic E-state index is 0. The van der Waals surface area contributed by atoms with E-state index in [1.807, 2.05) is 0 Å². The summed E-state index contributed by atoms with van der Waals surface area (Å²) in [6, 6.07) is 0. The van der Waals surface area contributed by atoms with Crippen molar-refractivity contribution in [3.8, 4) is 0 Å². The van der Waals surface area contributed by atoms with E-state index in [0.717, 1.165) is 48.5 Å². The van der Waals surface area contributed by atoms with E-state index in [2.05, 4.69) is 0 Å². The second-order valence-corrected chi connectivity index (χ2v) is 3.44. The Bertz CT molecular complexity index is 325. The molecule has 0 rings (SSSR count). The summed E-state index contributed by atoms with van der Waals surface area (Å²) in [5.41, 5.74) is 0. The third-order valence-electron chi connectivity index (χ3n) is 0. The molecule has 8 N–H and O–H groups in total. The second kappa shape index (κ2) is 85.1. The molecule has 0 unspecified atom stereocenters. The number of hydrogen-bond acceptors (Lipinski definition) is 14. The van der Waals surface area contributed by atoms with E-state index >= 15 is 0 Å². The molecule has 0 bridgehead atoms. The maximum atomic E-state index is 8.89. The monoisotopic (exact) mass is 1060 g/mol. The van der Waals surface area contributed by atoms with E-state index < -0.39 is 41.8 Å². The standard InChI is InChI=1S/7C2H4O2.3Ir.4H2O/c7*1-2(3)4;;;;;;;/h7*1H3,(H,3,4);;;;4*1H2/q;;;;;;;;;+3;;;;/p-7. The Morgan fingerprint density at radius 1 is 0.314 bits per heavy atom. The molecule has 0 spiro atoms. The summed E-state index contributed by atoms with van der Waals surface area (Å²) in [6.45, 7) is 6.81. The van der Waals surface area contributed by atoms with Crippen LogP contribution in [0.2, 0.25) is 0 Å². The van der Waals surface area contributed by atoms with Gasteiger partial charge in [-0.15, -0.1) is 0 Å². The predicted molar refractivity (Wildman–Crippen MR) is 89.2 cm³/mol. The van der Waals surface area contributed by atoms with Gasteiger partial charge in [0.1, 0.15) is 0 Å². The Kier molecular flexibility index (Phi) is 227. The van der Waals surface area contributed by atoms with Gasteiger partial charge in [-0.3, -0.25) is 0 Å². The topological polar surface area (TPSA) is 407 Å². The number of carboxylic acid groups (broad SMARTS) is 7. The quantitative estimate of drug-likeness (QED) is 0.218. The van der Waals surface area contributed by atoms with Gasteiger partial charge in [0.25, 0.3) is 0 Å². The molecule has 0 heterocycles. The van der Waals surface area contributed by atoms with E-state index in [-0.39, 0.29) is 82.2 Å². The number of carbonyl (C=O) groups is 7. The minimum Gasteiger partial charge on any atom is -0.550 e. The summed E-state index contributed by atoms with van der Waals surface area (Å²) >= 11 is 0. The second-order valence-electron chi connectivity index (χ2n) is 3.44. The van der Waals surface area contributed by atoms with Gasteiger partial charge in [0, 0.05) is 82.0 Å². The Labute approximate surface area is 241 Å². The first kappa shape index (κ1) is 93.5. The molecule has 0 aliphatic heterocycles. The van der Waals surface area contributed by atoms with Crippen molar-refractivity contribution in [3.05, 3.63) is 0 Å². The summed E-state index contributed by atoms with van der Waals surface area (Å²) < 4.78 is 0. The zero-order valence-corrected chi connectivity index (χ0v) is 26.4. The molecular formula is C14H29Ir3O18-4. The van der Waals surface area contributed by atoms with Crippen LogP contribution in [0.4, 0.5) is 0 Å². The fourth-order valence-electron chi connectivity index (χ4n) is 0. The first-order valence-electron chi connectivity index (χ1n) is 6.36. The molecule has 0 aromatic carbocycles. The molecule has 224 valence electrons. The maximum absolute atomic E-state index is 8.89. The third-order valence-corrected chi connectivity index (χ3v) is 0. The number of carbonyl (C=O) groups excluding carboxylic acids is 7. The molecule has 0 amide bonds. The van der Waals surface area contributed by atoms with E-state index in [4.69, 9.17) is 69.3 Å². The molecule has 21 heteroatoms. The SMILES string of the molecule is CC(=O)[O-].CC(=O)[O-].CC(=O)[O-].CC(=O)[O-].CC(=O)[O-].CC(=O)[O-].CC(=O)[O-].O.O.O.O.[Ir+3].[Ir].[Ir]. The van der Waals surface area contributed by atoms with Crippen molar-refractivity contribution < 1.29 is 152 Å². The van der Waals surface area contributed by atoms with Crippen LogP contribution in [0, 0.1) is 0 Å². The van der Waals surface area contributed by atoms with Gasteiger partial charge >= 0.3 is 20.1 Å². The molecule has 0 aromatic heterocycles. The van der Waals surface area contributed by atoms with Gasteiger partial charge in [0.05, 0.1) is 0 Å². The number of rotatable bonds is 0. The van der Waals surface area contributed by atoms with Crippen LogP contribution in [0.5, 0.6) is 0 Å². The number of aliphatic carboxylic acids is 7. The average molecular weight is 1060 g/mol. The van der Waals surface area contributed by atoms with Crippen molar-refractivity contribution in [2.45, 2.75) is 48.5 Å². The van der Waals surface area contributed by atoms with E-state index in [9.17, 15) is 0 Å². The Morgan fingerprint density at radius 2 is 0.314 bits per heavy atom. The molecule has 0 saturated carbocycles. The Hall–Kier alpha value is -1.92. The first-order chi connectivity index (χ1) is 12.1. The molecule has 0 aliphatic carbocycles. The molecule has 0 aliphatic rings. The number of hydrogen-bond donors (Lipinski definition) is 0. The molecule has 0 aromatic rings. The van der Waals surface area contributed by atoms with Crippen molar-refractivity contribution in [2.24, 2.45) is 0 Å². The van der Waals surface area contributed by atoms with Gasteiger partial charge < -0.3 is 91.2 Å². The third kappa shape index (κ3) is 7860. The van der Waals surface area contributed by atoms with Crippen molar-refractivity contribution in [2.75, 3.05) is 0 Å². The van der Waals surface area contributed by atoms with Crippen LogP contribution in [-0.4, -0.2) is 63.7 Å². The molecule has 0 atom stereocenters. The average Bonchev–Trinajstić information content (AvgIpc) is 2.20. The van der Waals surface area contributed by atoms with E-state index in [1.165, 1.54) is 0 Å². The van der Waals surface area contributed by atoms with Crippen LogP contribution in [-0.2, 0) is 93.9 Å². The van der Waals surface area contributed by atoms with E-state index in [1.54, 1.807) is 0 Å². The largest absolute Gasteiger partial charge is 3.00 e. The number of carboxylic acids is 7. The van der Waals surface area contributed by atoms with Crippen LogP contribution < -0.4 is 35.7 Å². The predicted octanol–water partition coefficient (Wildman–Crippen LogP) is -12.0. The maximum Gasteiger partial charge on any atom is 3.00 e. The molecule has 18 nitrogen and oxygen atoms in total. The van der Waals surface area contributed by atoms with Gasteiger partial charge in [0.15, 0.2) is 0 Å². The Morgan fingerprint density at radius 3 is 0.314 bits per heavy atom. The summed E-state index contributed by atoms with van der Waals surface area (Å²) in [5, 5.41) is 62.2. The van der Waals surface area contributed by atoms with E-state index in [0.29, 0.717) is 0 Å².